The highest BCUT2D eigenvalue weighted by molar-refractivity contribution is 7.89. The van der Waals surface area contributed by atoms with E-state index in [2.05, 4.69) is 10.6 Å². The van der Waals surface area contributed by atoms with Crippen LogP contribution in [0.3, 0.4) is 0 Å². The molecule has 0 saturated heterocycles. The van der Waals surface area contributed by atoms with Crippen LogP contribution >= 0.6 is 12.4 Å². The standard InChI is InChI=1S/C25H29N3O5S.ClH/c1-18-3-8-21(9-4-18)28-25(29)17-33-23-12-7-20(15-24(23)32-2)16-27-14-13-19-5-10-22(11-6-19)34(26,30)31;/h3-12,15,27H,13-14,16-17H2,1-2H3,(H,28,29)(H2,26,30,31);1H. The minimum Gasteiger partial charge on any atom is -0.493 e. The Labute approximate surface area is 212 Å². The van der Waals surface area contributed by atoms with Crippen LogP contribution in [0.5, 0.6) is 11.5 Å². The zero-order valence-electron chi connectivity index (χ0n) is 19.6. The highest BCUT2D eigenvalue weighted by Gasteiger charge is 2.10. The molecule has 3 aromatic rings. The van der Waals surface area contributed by atoms with Gasteiger partial charge >= 0.3 is 0 Å². The predicted molar refractivity (Wildman–Crippen MR) is 139 cm³/mol. The number of primary sulfonamides is 1. The third kappa shape index (κ3) is 8.88. The van der Waals surface area contributed by atoms with Crippen molar-refractivity contribution in [1.29, 1.82) is 0 Å². The van der Waals surface area contributed by atoms with Crippen molar-refractivity contribution in [3.8, 4) is 11.5 Å². The van der Waals surface area contributed by atoms with Gasteiger partial charge in [-0.15, -0.1) is 12.4 Å². The number of methoxy groups -OCH3 is 1. The number of carbonyl (C=O) groups is 1. The summed E-state index contributed by atoms with van der Waals surface area (Å²) in [5.41, 5.74) is 3.84. The van der Waals surface area contributed by atoms with Gasteiger partial charge in [-0.3, -0.25) is 4.79 Å². The molecule has 1 amide bonds. The van der Waals surface area contributed by atoms with Gasteiger partial charge in [0.25, 0.3) is 5.91 Å². The van der Waals surface area contributed by atoms with E-state index < -0.39 is 10.0 Å². The maximum absolute atomic E-state index is 12.2. The minimum atomic E-state index is -3.68. The number of anilines is 1. The Kier molecular flexibility index (Phi) is 10.5. The first-order valence-electron chi connectivity index (χ1n) is 10.7. The van der Waals surface area contributed by atoms with E-state index in [0.717, 1.165) is 23.1 Å². The molecular formula is C25H30ClN3O5S. The van der Waals surface area contributed by atoms with E-state index in [9.17, 15) is 13.2 Å². The average Bonchev–Trinajstić information content (AvgIpc) is 2.82. The first-order valence-corrected chi connectivity index (χ1v) is 12.3. The molecule has 3 aromatic carbocycles. The fraction of sp³-hybridized carbons (Fsp3) is 0.240. The minimum absolute atomic E-state index is 0. The monoisotopic (exact) mass is 519 g/mol. The molecule has 188 valence electrons. The molecule has 0 aliphatic carbocycles. The Bertz CT molecular complexity index is 1220. The van der Waals surface area contributed by atoms with E-state index in [4.69, 9.17) is 14.6 Å². The van der Waals surface area contributed by atoms with Crippen molar-refractivity contribution < 1.29 is 22.7 Å². The maximum atomic E-state index is 12.2. The van der Waals surface area contributed by atoms with Crippen LogP contribution < -0.4 is 25.2 Å². The number of ether oxygens (including phenoxy) is 2. The number of nitrogens with one attached hydrogen (secondary N) is 2. The number of rotatable bonds is 11. The van der Waals surface area contributed by atoms with Gasteiger partial charge in [-0.05, 0) is 67.4 Å². The third-order valence-corrected chi connectivity index (χ3v) is 6.02. The lowest BCUT2D eigenvalue weighted by atomic mass is 10.1. The van der Waals surface area contributed by atoms with Crippen molar-refractivity contribution in [3.05, 3.63) is 83.4 Å². The molecule has 35 heavy (non-hydrogen) atoms. The average molecular weight is 520 g/mol. The zero-order valence-corrected chi connectivity index (χ0v) is 21.2. The molecule has 0 atom stereocenters. The Balaban J connectivity index is 0.00000432. The maximum Gasteiger partial charge on any atom is 0.262 e. The van der Waals surface area contributed by atoms with Crippen molar-refractivity contribution in [1.82, 2.24) is 5.32 Å². The Morgan fingerprint density at radius 2 is 1.60 bits per heavy atom. The van der Waals surface area contributed by atoms with Gasteiger partial charge in [-0.25, -0.2) is 13.6 Å². The normalized spacial score (nSPS) is 10.8. The highest BCUT2D eigenvalue weighted by Crippen LogP contribution is 2.28. The molecule has 0 unspecified atom stereocenters. The van der Waals surface area contributed by atoms with Gasteiger partial charge in [0.1, 0.15) is 0 Å². The largest absolute Gasteiger partial charge is 0.493 e. The number of amides is 1. The molecule has 3 rings (SSSR count). The smallest absolute Gasteiger partial charge is 0.262 e. The molecule has 10 heteroatoms. The summed E-state index contributed by atoms with van der Waals surface area (Å²) in [7, 11) is -2.12. The first kappa shape index (κ1) is 28.1. The number of carbonyl (C=O) groups excluding carboxylic acids is 1. The van der Waals surface area contributed by atoms with Crippen LogP contribution in [-0.4, -0.2) is 34.6 Å². The first-order chi connectivity index (χ1) is 16.2. The van der Waals surface area contributed by atoms with E-state index in [1.54, 1.807) is 25.3 Å². The van der Waals surface area contributed by atoms with Gasteiger partial charge in [0.05, 0.1) is 12.0 Å². The van der Waals surface area contributed by atoms with Crippen LogP contribution in [0.15, 0.2) is 71.6 Å². The lowest BCUT2D eigenvalue weighted by Crippen LogP contribution is -2.20. The second-order valence-corrected chi connectivity index (χ2v) is 9.37. The molecule has 0 bridgehead atoms. The van der Waals surface area contributed by atoms with Crippen molar-refractivity contribution in [3.63, 3.8) is 0 Å². The number of sulfonamides is 1. The molecule has 0 radical (unpaired) electrons. The van der Waals surface area contributed by atoms with E-state index in [1.807, 2.05) is 43.3 Å². The fourth-order valence-electron chi connectivity index (χ4n) is 3.23. The second-order valence-electron chi connectivity index (χ2n) is 7.80. The molecule has 0 aliphatic heterocycles. The molecule has 0 heterocycles. The molecule has 0 aromatic heterocycles. The summed E-state index contributed by atoms with van der Waals surface area (Å²) >= 11 is 0. The zero-order chi connectivity index (χ0) is 24.6. The van der Waals surface area contributed by atoms with Crippen LogP contribution in [0.1, 0.15) is 16.7 Å². The Morgan fingerprint density at radius 3 is 2.23 bits per heavy atom. The predicted octanol–water partition coefficient (Wildman–Crippen LogP) is 3.42. The summed E-state index contributed by atoms with van der Waals surface area (Å²) in [5.74, 6) is 0.773. The summed E-state index contributed by atoms with van der Waals surface area (Å²) in [4.78, 5) is 12.3. The van der Waals surface area contributed by atoms with Crippen molar-refractivity contribution in [2.45, 2.75) is 24.8 Å². The molecule has 0 aliphatic rings. The van der Waals surface area contributed by atoms with Crippen LogP contribution in [0, 0.1) is 6.92 Å². The van der Waals surface area contributed by atoms with Gasteiger partial charge in [-0.1, -0.05) is 35.9 Å². The summed E-state index contributed by atoms with van der Waals surface area (Å²) < 4.78 is 33.7. The topological polar surface area (TPSA) is 120 Å². The van der Waals surface area contributed by atoms with Gasteiger partial charge in [0.2, 0.25) is 10.0 Å². The summed E-state index contributed by atoms with van der Waals surface area (Å²) in [6.45, 7) is 3.16. The van der Waals surface area contributed by atoms with E-state index in [1.165, 1.54) is 12.1 Å². The van der Waals surface area contributed by atoms with Crippen LogP contribution in [0.2, 0.25) is 0 Å². The van der Waals surface area contributed by atoms with E-state index in [0.29, 0.717) is 30.3 Å². The summed E-state index contributed by atoms with van der Waals surface area (Å²) in [6, 6.07) is 19.6. The highest BCUT2D eigenvalue weighted by atomic mass is 35.5. The van der Waals surface area contributed by atoms with E-state index >= 15 is 0 Å². The number of hydrogen-bond acceptors (Lipinski definition) is 6. The number of halogens is 1. The lowest BCUT2D eigenvalue weighted by Gasteiger charge is -2.13. The lowest BCUT2D eigenvalue weighted by molar-refractivity contribution is -0.118. The quantitative estimate of drug-likeness (QED) is 0.334. The van der Waals surface area contributed by atoms with Crippen molar-refractivity contribution >= 4 is 34.0 Å². The molecule has 0 saturated carbocycles. The molecular weight excluding hydrogens is 490 g/mol. The van der Waals surface area contributed by atoms with Gasteiger partial charge in [0.15, 0.2) is 18.1 Å². The van der Waals surface area contributed by atoms with Crippen LogP contribution in [0.4, 0.5) is 5.69 Å². The van der Waals surface area contributed by atoms with Crippen molar-refractivity contribution in [2.24, 2.45) is 5.14 Å². The Hall–Kier alpha value is -3.11. The fourth-order valence-corrected chi connectivity index (χ4v) is 3.75. The SMILES string of the molecule is COc1cc(CNCCc2ccc(S(N)(=O)=O)cc2)ccc1OCC(=O)Nc1ccc(C)cc1.Cl. The van der Waals surface area contributed by atoms with Crippen LogP contribution in [-0.2, 0) is 27.8 Å². The number of benzene rings is 3. The Morgan fingerprint density at radius 1 is 0.943 bits per heavy atom. The second kappa shape index (κ2) is 13.1. The number of hydrogen-bond donors (Lipinski definition) is 3. The van der Waals surface area contributed by atoms with Crippen molar-refractivity contribution in [2.75, 3.05) is 25.6 Å². The van der Waals surface area contributed by atoms with Crippen LogP contribution in [0.25, 0.3) is 0 Å². The number of nitrogens with two attached hydrogens (primary N) is 1. The van der Waals surface area contributed by atoms with Gasteiger partial charge in [-0.2, -0.15) is 0 Å². The number of aryl methyl sites for hydroxylation is 1. The molecule has 4 N–H and O–H groups in total. The van der Waals surface area contributed by atoms with Gasteiger partial charge in [0, 0.05) is 12.2 Å². The summed E-state index contributed by atoms with van der Waals surface area (Å²) in [5, 5.41) is 11.3. The van der Waals surface area contributed by atoms with E-state index in [-0.39, 0.29) is 29.8 Å². The third-order valence-electron chi connectivity index (χ3n) is 5.09. The van der Waals surface area contributed by atoms with Gasteiger partial charge < -0.3 is 20.1 Å². The molecule has 0 fully saturated rings. The molecule has 0 spiro atoms. The summed E-state index contributed by atoms with van der Waals surface area (Å²) in [6.07, 6.45) is 0.735. The molecule has 8 nitrogen and oxygen atoms in total.